The average Bonchev–Trinajstić information content (AvgIpc) is 2.69. The Morgan fingerprint density at radius 1 is 1.26 bits per heavy atom. The van der Waals surface area contributed by atoms with E-state index < -0.39 is 18.1 Å². The first-order chi connectivity index (χ1) is 13.1. The van der Waals surface area contributed by atoms with Crippen LogP contribution in [0.1, 0.15) is 18.4 Å². The molecule has 2 saturated heterocycles. The Hall–Kier alpha value is -1.73. The van der Waals surface area contributed by atoms with Crippen LogP contribution >= 0.6 is 11.6 Å². The molecule has 2 aliphatic rings. The molecule has 1 aromatic rings. The summed E-state index contributed by atoms with van der Waals surface area (Å²) < 4.78 is 11.8. The highest BCUT2D eigenvalue weighted by atomic mass is 35.5. The zero-order valence-corrected chi connectivity index (χ0v) is 15.7. The number of ether oxygens (including phenoxy) is 2. The largest absolute Gasteiger partial charge is 0.480 e. The Kier molecular flexibility index (Phi) is 7.01. The maximum absolute atomic E-state index is 13.0. The number of aliphatic carboxylic acids is 1. The van der Waals surface area contributed by atoms with E-state index in [1.54, 1.807) is 0 Å². The van der Waals surface area contributed by atoms with Crippen LogP contribution in [-0.4, -0.2) is 54.9 Å². The van der Waals surface area contributed by atoms with Crippen LogP contribution in [-0.2, 0) is 25.5 Å². The highest BCUT2D eigenvalue weighted by Gasteiger charge is 2.36. The summed E-state index contributed by atoms with van der Waals surface area (Å²) in [5.74, 6) is -1.47. The van der Waals surface area contributed by atoms with Crippen LogP contribution in [0.3, 0.4) is 0 Å². The molecule has 27 heavy (non-hydrogen) atoms. The maximum Gasteiger partial charge on any atom is 0.320 e. The van der Waals surface area contributed by atoms with Gasteiger partial charge in [-0.05, 0) is 24.9 Å². The first kappa shape index (κ1) is 20.0. The molecule has 0 spiro atoms. The van der Waals surface area contributed by atoms with Gasteiger partial charge in [-0.1, -0.05) is 41.9 Å². The Morgan fingerprint density at radius 2 is 2.04 bits per heavy atom. The minimum Gasteiger partial charge on any atom is -0.480 e. The van der Waals surface area contributed by atoms with Gasteiger partial charge in [-0.3, -0.25) is 9.59 Å². The van der Waals surface area contributed by atoms with Gasteiger partial charge in [-0.25, -0.2) is 0 Å². The van der Waals surface area contributed by atoms with Crippen molar-refractivity contribution in [2.45, 2.75) is 37.5 Å². The average molecular weight is 394 g/mol. The smallest absolute Gasteiger partial charge is 0.320 e. The molecular formula is C20H24ClNO5. The standard InChI is InChI=1S/C20H24ClNO5/c21-10-16(19(23)14-6-7-22-17(9-14)20(24)25)18-12-26-11-15(27-18)8-13-4-2-1-3-5-13/h1-5,10,14-15,17-18,22H,6-9,11-12H2,(H,24,25)/b16-10+. The highest BCUT2D eigenvalue weighted by Crippen LogP contribution is 2.26. The third-order valence-corrected chi connectivity index (χ3v) is 5.29. The quantitative estimate of drug-likeness (QED) is 0.720. The Morgan fingerprint density at radius 3 is 2.74 bits per heavy atom. The van der Waals surface area contributed by atoms with Crippen molar-refractivity contribution >= 4 is 23.4 Å². The van der Waals surface area contributed by atoms with Gasteiger partial charge >= 0.3 is 5.97 Å². The van der Waals surface area contributed by atoms with Crippen LogP contribution in [0.4, 0.5) is 0 Å². The maximum atomic E-state index is 13.0. The lowest BCUT2D eigenvalue weighted by Crippen LogP contribution is -2.47. The number of carbonyl (C=O) groups is 2. The van der Waals surface area contributed by atoms with Gasteiger partial charge in [0.1, 0.15) is 12.1 Å². The molecule has 0 aliphatic carbocycles. The van der Waals surface area contributed by atoms with Crippen molar-refractivity contribution < 1.29 is 24.2 Å². The molecule has 1 aromatic carbocycles. The van der Waals surface area contributed by atoms with Crippen LogP contribution in [0, 0.1) is 5.92 Å². The molecule has 0 radical (unpaired) electrons. The number of carboxylic acid groups (broad SMARTS) is 1. The van der Waals surface area contributed by atoms with Crippen LogP contribution in [0.25, 0.3) is 0 Å². The van der Waals surface area contributed by atoms with E-state index in [2.05, 4.69) is 5.32 Å². The van der Waals surface area contributed by atoms with Gasteiger partial charge in [0.05, 0.1) is 19.3 Å². The summed E-state index contributed by atoms with van der Waals surface area (Å²) in [6, 6.07) is 9.24. The number of ketones is 1. The third kappa shape index (κ3) is 5.17. The number of hydrogen-bond acceptors (Lipinski definition) is 5. The van der Waals surface area contributed by atoms with E-state index in [9.17, 15) is 14.7 Å². The van der Waals surface area contributed by atoms with Gasteiger partial charge in [-0.15, -0.1) is 0 Å². The molecule has 7 heteroatoms. The number of nitrogens with one attached hydrogen (secondary N) is 1. The Bertz CT molecular complexity index is 693. The lowest BCUT2D eigenvalue weighted by molar-refractivity contribution is -0.141. The zero-order chi connectivity index (χ0) is 19.2. The lowest BCUT2D eigenvalue weighted by Gasteiger charge is -2.33. The number of halogens is 1. The zero-order valence-electron chi connectivity index (χ0n) is 15.0. The lowest BCUT2D eigenvalue weighted by atomic mass is 9.85. The topological polar surface area (TPSA) is 84.9 Å². The first-order valence-corrected chi connectivity index (χ1v) is 9.60. The van der Waals surface area contributed by atoms with Gasteiger partial charge in [0.2, 0.25) is 0 Å². The Balaban J connectivity index is 1.64. The Labute approximate surface area is 163 Å². The molecule has 2 fully saturated rings. The van der Waals surface area contributed by atoms with E-state index >= 15 is 0 Å². The third-order valence-electron chi connectivity index (χ3n) is 5.06. The fourth-order valence-corrected chi connectivity index (χ4v) is 3.87. The predicted octanol–water partition coefficient (Wildman–Crippen LogP) is 2.16. The summed E-state index contributed by atoms with van der Waals surface area (Å²) in [5, 5.41) is 12.1. The molecule has 4 atom stereocenters. The van der Waals surface area contributed by atoms with Crippen LogP contribution in [0.5, 0.6) is 0 Å². The fraction of sp³-hybridized carbons (Fsp3) is 0.500. The number of Topliss-reactive ketones (excluding diaryl/α,β-unsaturated/α-hetero) is 1. The van der Waals surface area contributed by atoms with E-state index in [4.69, 9.17) is 21.1 Å². The van der Waals surface area contributed by atoms with E-state index in [1.807, 2.05) is 30.3 Å². The van der Waals surface area contributed by atoms with E-state index in [0.717, 1.165) is 5.56 Å². The number of benzene rings is 1. The van der Waals surface area contributed by atoms with Crippen molar-refractivity contribution in [2.75, 3.05) is 19.8 Å². The van der Waals surface area contributed by atoms with Gasteiger partial charge in [-0.2, -0.15) is 0 Å². The summed E-state index contributed by atoms with van der Waals surface area (Å²) >= 11 is 5.97. The monoisotopic (exact) mass is 393 g/mol. The van der Waals surface area contributed by atoms with Gasteiger partial charge < -0.3 is 19.9 Å². The SMILES string of the molecule is O=C(/C(=C/Cl)C1COCC(Cc2ccccc2)O1)C1CCNC(C(=O)O)C1. The van der Waals surface area contributed by atoms with Crippen molar-refractivity contribution in [3.63, 3.8) is 0 Å². The van der Waals surface area contributed by atoms with Crippen molar-refractivity contribution in [2.24, 2.45) is 5.92 Å². The van der Waals surface area contributed by atoms with Crippen molar-refractivity contribution in [3.05, 3.63) is 47.0 Å². The van der Waals surface area contributed by atoms with Gasteiger partial charge in [0.25, 0.3) is 0 Å². The second kappa shape index (κ2) is 9.46. The molecule has 0 amide bonds. The fourth-order valence-electron chi connectivity index (χ4n) is 3.63. The second-order valence-electron chi connectivity index (χ2n) is 6.97. The molecular weight excluding hydrogens is 370 g/mol. The van der Waals surface area contributed by atoms with Crippen molar-refractivity contribution in [1.82, 2.24) is 5.32 Å². The minimum absolute atomic E-state index is 0.147. The normalized spacial score (nSPS) is 29.3. The molecule has 2 heterocycles. The molecule has 0 aromatic heterocycles. The molecule has 3 rings (SSSR count). The second-order valence-corrected chi connectivity index (χ2v) is 7.19. The number of carboxylic acids is 1. The summed E-state index contributed by atoms with van der Waals surface area (Å²) in [4.78, 5) is 24.2. The molecule has 146 valence electrons. The first-order valence-electron chi connectivity index (χ1n) is 9.16. The van der Waals surface area contributed by atoms with Crippen LogP contribution in [0.15, 0.2) is 41.4 Å². The number of carbonyl (C=O) groups excluding carboxylic acids is 1. The summed E-state index contributed by atoms with van der Waals surface area (Å²) in [6.45, 7) is 1.22. The predicted molar refractivity (Wildman–Crippen MR) is 101 cm³/mol. The number of hydrogen-bond donors (Lipinski definition) is 2. The van der Waals surface area contributed by atoms with Crippen LogP contribution < -0.4 is 5.32 Å². The van der Waals surface area contributed by atoms with Gasteiger partial charge in [0.15, 0.2) is 5.78 Å². The molecule has 4 unspecified atom stereocenters. The van der Waals surface area contributed by atoms with E-state index in [0.29, 0.717) is 31.6 Å². The summed E-state index contributed by atoms with van der Waals surface area (Å²) in [6.07, 6.45) is 0.831. The van der Waals surface area contributed by atoms with Crippen molar-refractivity contribution in [1.29, 1.82) is 0 Å². The molecule has 0 saturated carbocycles. The number of rotatable bonds is 6. The minimum atomic E-state index is -0.941. The van der Waals surface area contributed by atoms with Gasteiger partial charge in [0, 0.05) is 23.4 Å². The number of piperidine rings is 1. The molecule has 0 bridgehead atoms. The molecule has 2 N–H and O–H groups in total. The van der Waals surface area contributed by atoms with Crippen LogP contribution in [0.2, 0.25) is 0 Å². The molecule has 6 nitrogen and oxygen atoms in total. The summed E-state index contributed by atoms with van der Waals surface area (Å²) in [5.41, 5.74) is 2.77. The summed E-state index contributed by atoms with van der Waals surface area (Å²) in [7, 11) is 0. The van der Waals surface area contributed by atoms with E-state index in [-0.39, 0.29) is 30.8 Å². The molecule has 2 aliphatic heterocycles. The van der Waals surface area contributed by atoms with E-state index in [1.165, 1.54) is 5.54 Å². The van der Waals surface area contributed by atoms with Crippen molar-refractivity contribution in [3.8, 4) is 0 Å². The highest BCUT2D eigenvalue weighted by molar-refractivity contribution is 6.28.